The maximum absolute atomic E-state index is 11.8. The average molecular weight is 275 g/mol. The van der Waals surface area contributed by atoms with Crippen LogP contribution >= 0.6 is 0 Å². The molecule has 1 heterocycles. The summed E-state index contributed by atoms with van der Waals surface area (Å²) >= 11 is 0. The topological polar surface area (TPSA) is 47.6 Å². The lowest BCUT2D eigenvalue weighted by molar-refractivity contribution is -0.134. The quantitative estimate of drug-likeness (QED) is 0.902. The van der Waals surface area contributed by atoms with E-state index in [9.17, 15) is 4.79 Å². The molecule has 0 aromatic heterocycles. The van der Waals surface area contributed by atoms with Crippen LogP contribution < -0.4 is 10.1 Å². The molecular formula is C16H21NO3. The Kier molecular flexibility index (Phi) is 3.42. The van der Waals surface area contributed by atoms with E-state index in [2.05, 4.69) is 5.32 Å². The van der Waals surface area contributed by atoms with Crippen LogP contribution in [0.2, 0.25) is 0 Å². The van der Waals surface area contributed by atoms with Crippen molar-refractivity contribution in [3.8, 4) is 5.75 Å². The van der Waals surface area contributed by atoms with Gasteiger partial charge in [0.2, 0.25) is 0 Å². The molecule has 1 spiro atoms. The van der Waals surface area contributed by atoms with E-state index in [1.165, 1.54) is 0 Å². The van der Waals surface area contributed by atoms with E-state index in [-0.39, 0.29) is 12.0 Å². The third-order valence-corrected chi connectivity index (χ3v) is 4.14. The second kappa shape index (κ2) is 5.09. The molecule has 2 aliphatic rings. The van der Waals surface area contributed by atoms with E-state index in [0.29, 0.717) is 0 Å². The molecule has 1 saturated heterocycles. The zero-order chi connectivity index (χ0) is 14.2. The zero-order valence-electron chi connectivity index (χ0n) is 12.0. The van der Waals surface area contributed by atoms with Crippen LogP contribution in [0, 0.1) is 6.92 Å². The summed E-state index contributed by atoms with van der Waals surface area (Å²) in [6.45, 7) is 3.84. The van der Waals surface area contributed by atoms with Gasteiger partial charge in [0, 0.05) is 0 Å². The lowest BCUT2D eigenvalue weighted by Crippen LogP contribution is -2.56. The first-order valence-corrected chi connectivity index (χ1v) is 7.32. The highest BCUT2D eigenvalue weighted by atomic mass is 16.6. The van der Waals surface area contributed by atoms with Crippen molar-refractivity contribution in [3.05, 3.63) is 29.8 Å². The van der Waals surface area contributed by atoms with Gasteiger partial charge < -0.3 is 14.8 Å². The molecule has 3 rings (SSSR count). The summed E-state index contributed by atoms with van der Waals surface area (Å²) in [7, 11) is 0. The molecule has 1 saturated carbocycles. The van der Waals surface area contributed by atoms with Gasteiger partial charge in [-0.05, 0) is 57.2 Å². The van der Waals surface area contributed by atoms with E-state index in [4.69, 9.17) is 9.47 Å². The highest BCUT2D eigenvalue weighted by molar-refractivity contribution is 5.83. The van der Waals surface area contributed by atoms with Crippen molar-refractivity contribution in [1.82, 2.24) is 5.32 Å². The molecule has 4 heteroatoms. The zero-order valence-corrected chi connectivity index (χ0v) is 12.0. The van der Waals surface area contributed by atoms with E-state index in [0.717, 1.165) is 37.0 Å². The number of benzene rings is 1. The minimum Gasteiger partial charge on any atom is -0.485 e. The summed E-state index contributed by atoms with van der Waals surface area (Å²) in [5.74, 6) is 0.804. The number of aryl methyl sites for hydroxylation is 1. The summed E-state index contributed by atoms with van der Waals surface area (Å²) in [6.07, 6.45) is 3.37. The number of rotatable bonds is 2. The van der Waals surface area contributed by atoms with Gasteiger partial charge in [0.1, 0.15) is 18.0 Å². The lowest BCUT2D eigenvalue weighted by atomic mass is 9.89. The van der Waals surface area contributed by atoms with Crippen LogP contribution in [0.3, 0.4) is 0 Å². The van der Waals surface area contributed by atoms with Gasteiger partial charge in [-0.2, -0.15) is 0 Å². The Morgan fingerprint density at radius 3 is 2.95 bits per heavy atom. The van der Waals surface area contributed by atoms with Gasteiger partial charge in [0.15, 0.2) is 5.72 Å². The normalized spacial score (nSPS) is 33.2. The molecule has 2 fully saturated rings. The van der Waals surface area contributed by atoms with E-state index in [1.807, 2.05) is 31.2 Å². The first-order chi connectivity index (χ1) is 9.59. The largest absolute Gasteiger partial charge is 0.485 e. The van der Waals surface area contributed by atoms with Crippen molar-refractivity contribution < 1.29 is 14.3 Å². The third-order valence-electron chi connectivity index (χ3n) is 4.14. The van der Waals surface area contributed by atoms with Gasteiger partial charge in [-0.3, -0.25) is 4.79 Å². The van der Waals surface area contributed by atoms with Crippen molar-refractivity contribution >= 4 is 5.91 Å². The molecule has 20 heavy (non-hydrogen) atoms. The van der Waals surface area contributed by atoms with Gasteiger partial charge in [-0.1, -0.05) is 12.1 Å². The van der Waals surface area contributed by atoms with Crippen LogP contribution in [0.4, 0.5) is 0 Å². The van der Waals surface area contributed by atoms with E-state index in [1.54, 1.807) is 6.92 Å². The molecular weight excluding hydrogens is 254 g/mol. The van der Waals surface area contributed by atoms with Crippen molar-refractivity contribution in [1.29, 1.82) is 0 Å². The smallest absolute Gasteiger partial charge is 0.251 e. The summed E-state index contributed by atoms with van der Waals surface area (Å²) in [5.41, 5.74) is 0.524. The Balaban J connectivity index is 1.81. The Morgan fingerprint density at radius 2 is 2.25 bits per heavy atom. The third kappa shape index (κ3) is 2.40. The fraction of sp³-hybridized carbons (Fsp3) is 0.562. The maximum atomic E-state index is 11.8. The van der Waals surface area contributed by atoms with Crippen molar-refractivity contribution in [2.45, 2.75) is 57.5 Å². The lowest BCUT2D eigenvalue weighted by Gasteiger charge is -2.39. The molecule has 1 amide bonds. The highest BCUT2D eigenvalue weighted by Crippen LogP contribution is 2.36. The molecule has 1 aromatic rings. The minimum absolute atomic E-state index is 0.0373. The highest BCUT2D eigenvalue weighted by Gasteiger charge is 2.51. The summed E-state index contributed by atoms with van der Waals surface area (Å²) in [6, 6.07) is 7.99. The van der Waals surface area contributed by atoms with E-state index < -0.39 is 11.8 Å². The number of hydrogen-bond donors (Lipinski definition) is 1. The second-order valence-corrected chi connectivity index (χ2v) is 5.81. The number of hydrogen-bond acceptors (Lipinski definition) is 3. The predicted octanol–water partition coefficient (Wildman–Crippen LogP) is 2.55. The average Bonchev–Trinajstić information content (AvgIpc) is 2.68. The molecule has 108 valence electrons. The molecule has 1 aliphatic carbocycles. The number of carbonyl (C=O) groups is 1. The first-order valence-electron chi connectivity index (χ1n) is 7.32. The van der Waals surface area contributed by atoms with E-state index >= 15 is 0 Å². The summed E-state index contributed by atoms with van der Waals surface area (Å²) in [4.78, 5) is 11.8. The fourth-order valence-electron chi connectivity index (χ4n) is 3.10. The molecule has 3 unspecified atom stereocenters. The molecule has 1 aliphatic heterocycles. The van der Waals surface area contributed by atoms with Crippen LogP contribution in [0.25, 0.3) is 0 Å². The fourth-order valence-corrected chi connectivity index (χ4v) is 3.10. The van der Waals surface area contributed by atoms with Crippen LogP contribution in [0.1, 0.15) is 38.2 Å². The van der Waals surface area contributed by atoms with Crippen LogP contribution in [-0.4, -0.2) is 23.8 Å². The standard InChI is InChI=1S/C16H21NO3/c1-11-6-5-7-13(10-11)19-14-8-3-4-9-16(14)17-15(18)12(2)20-16/h5-7,10,12,14H,3-4,8-9H2,1-2H3,(H,17,18). The van der Waals surface area contributed by atoms with Gasteiger partial charge in [0.25, 0.3) is 5.91 Å². The number of ether oxygens (including phenoxy) is 2. The number of carbonyl (C=O) groups excluding carboxylic acids is 1. The Morgan fingerprint density at radius 1 is 1.40 bits per heavy atom. The Hall–Kier alpha value is -1.55. The monoisotopic (exact) mass is 275 g/mol. The van der Waals surface area contributed by atoms with Crippen molar-refractivity contribution in [3.63, 3.8) is 0 Å². The molecule has 1 aromatic carbocycles. The first kappa shape index (κ1) is 13.4. The van der Waals surface area contributed by atoms with Gasteiger partial charge in [0.05, 0.1) is 0 Å². The molecule has 4 nitrogen and oxygen atoms in total. The SMILES string of the molecule is Cc1cccc(OC2CCCCC23NC(=O)C(C)O3)c1. The Bertz CT molecular complexity index is 516. The van der Waals surface area contributed by atoms with Crippen molar-refractivity contribution in [2.75, 3.05) is 0 Å². The van der Waals surface area contributed by atoms with Crippen LogP contribution in [-0.2, 0) is 9.53 Å². The Labute approximate surface area is 119 Å². The maximum Gasteiger partial charge on any atom is 0.251 e. The van der Waals surface area contributed by atoms with Crippen LogP contribution in [0.15, 0.2) is 24.3 Å². The van der Waals surface area contributed by atoms with Gasteiger partial charge in [-0.15, -0.1) is 0 Å². The molecule has 0 bridgehead atoms. The van der Waals surface area contributed by atoms with Crippen molar-refractivity contribution in [2.24, 2.45) is 0 Å². The minimum atomic E-state index is -0.640. The molecule has 1 N–H and O–H groups in total. The summed E-state index contributed by atoms with van der Waals surface area (Å²) < 4.78 is 12.1. The van der Waals surface area contributed by atoms with Crippen LogP contribution in [0.5, 0.6) is 5.75 Å². The van der Waals surface area contributed by atoms with Gasteiger partial charge in [-0.25, -0.2) is 0 Å². The van der Waals surface area contributed by atoms with Gasteiger partial charge >= 0.3 is 0 Å². The summed E-state index contributed by atoms with van der Waals surface area (Å²) in [5, 5.41) is 3.02. The molecule has 0 radical (unpaired) electrons. The number of nitrogens with one attached hydrogen (secondary N) is 1. The predicted molar refractivity (Wildman–Crippen MR) is 75.5 cm³/mol. The number of amides is 1. The second-order valence-electron chi connectivity index (χ2n) is 5.81. The molecule has 3 atom stereocenters.